The van der Waals surface area contributed by atoms with E-state index in [4.69, 9.17) is 5.73 Å². The minimum atomic E-state index is -3.41. The highest BCUT2D eigenvalue weighted by Crippen LogP contribution is 2.27. The van der Waals surface area contributed by atoms with Gasteiger partial charge in [-0.2, -0.15) is 4.31 Å². The van der Waals surface area contributed by atoms with Crippen molar-refractivity contribution in [3.05, 3.63) is 29.6 Å². The molecule has 0 aliphatic carbocycles. The third-order valence-electron chi connectivity index (χ3n) is 3.60. The largest absolute Gasteiger partial charge is 0.375 e. The Morgan fingerprint density at radius 3 is 2.62 bits per heavy atom. The van der Waals surface area contributed by atoms with Crippen molar-refractivity contribution in [1.82, 2.24) is 9.29 Å². The molecule has 1 aliphatic rings. The van der Waals surface area contributed by atoms with E-state index in [9.17, 15) is 8.42 Å². The predicted molar refractivity (Wildman–Crippen MR) is 84.6 cm³/mol. The molecule has 7 heteroatoms. The van der Waals surface area contributed by atoms with Gasteiger partial charge in [-0.1, -0.05) is 18.6 Å². The summed E-state index contributed by atoms with van der Waals surface area (Å²) in [6.07, 6.45) is 2.97. The molecule has 0 saturated carbocycles. The summed E-state index contributed by atoms with van der Waals surface area (Å²) in [7, 11) is -3.41. The first-order valence-electron chi connectivity index (χ1n) is 6.89. The van der Waals surface area contributed by atoms with Gasteiger partial charge in [-0.05, 0) is 25.0 Å². The SMILES string of the molecule is Nc1nc(-c2cccc(S(=O)(=O)N3CCCCC3)c2)cs1. The zero-order valence-electron chi connectivity index (χ0n) is 11.5. The Hall–Kier alpha value is -1.44. The van der Waals surface area contributed by atoms with Crippen LogP contribution in [-0.4, -0.2) is 30.8 Å². The maximum Gasteiger partial charge on any atom is 0.243 e. The molecule has 1 saturated heterocycles. The quantitative estimate of drug-likeness (QED) is 0.942. The molecule has 0 atom stereocenters. The summed E-state index contributed by atoms with van der Waals surface area (Å²) in [6.45, 7) is 1.21. The molecule has 1 fully saturated rings. The van der Waals surface area contributed by atoms with Gasteiger partial charge in [0.25, 0.3) is 0 Å². The number of thiazole rings is 1. The molecule has 3 rings (SSSR count). The molecule has 1 aliphatic heterocycles. The van der Waals surface area contributed by atoms with Crippen LogP contribution in [-0.2, 0) is 10.0 Å². The van der Waals surface area contributed by atoms with Crippen molar-refractivity contribution in [3.8, 4) is 11.3 Å². The number of hydrogen-bond acceptors (Lipinski definition) is 5. The molecule has 0 unspecified atom stereocenters. The van der Waals surface area contributed by atoms with Gasteiger partial charge in [0.05, 0.1) is 10.6 Å². The van der Waals surface area contributed by atoms with Crippen LogP contribution in [0.5, 0.6) is 0 Å². The standard InChI is InChI=1S/C14H17N3O2S2/c15-14-16-13(10-20-14)11-5-4-6-12(9-11)21(18,19)17-7-2-1-3-8-17/h4-6,9-10H,1-3,7-8H2,(H2,15,16). The maximum absolute atomic E-state index is 12.7. The van der Waals surface area contributed by atoms with Crippen molar-refractivity contribution in [2.24, 2.45) is 0 Å². The molecule has 21 heavy (non-hydrogen) atoms. The Kier molecular flexibility index (Phi) is 3.97. The molecule has 1 aromatic heterocycles. The van der Waals surface area contributed by atoms with Gasteiger partial charge >= 0.3 is 0 Å². The molecule has 2 N–H and O–H groups in total. The van der Waals surface area contributed by atoms with Crippen molar-refractivity contribution in [3.63, 3.8) is 0 Å². The third-order valence-corrected chi connectivity index (χ3v) is 6.17. The summed E-state index contributed by atoms with van der Waals surface area (Å²) in [4.78, 5) is 4.53. The first-order chi connectivity index (χ1) is 10.1. The Morgan fingerprint density at radius 1 is 1.19 bits per heavy atom. The number of hydrogen-bond donors (Lipinski definition) is 1. The van der Waals surface area contributed by atoms with Crippen molar-refractivity contribution in [1.29, 1.82) is 0 Å². The number of aromatic nitrogens is 1. The van der Waals surface area contributed by atoms with Gasteiger partial charge in [0.15, 0.2) is 5.13 Å². The van der Waals surface area contributed by atoms with Crippen molar-refractivity contribution in [2.45, 2.75) is 24.2 Å². The number of rotatable bonds is 3. The van der Waals surface area contributed by atoms with E-state index in [1.54, 1.807) is 22.5 Å². The smallest absolute Gasteiger partial charge is 0.243 e. The Labute approximate surface area is 128 Å². The zero-order valence-corrected chi connectivity index (χ0v) is 13.2. The molecule has 5 nitrogen and oxygen atoms in total. The fourth-order valence-corrected chi connectivity index (χ4v) is 4.63. The van der Waals surface area contributed by atoms with Crippen LogP contribution >= 0.6 is 11.3 Å². The van der Waals surface area contributed by atoms with E-state index in [0.29, 0.717) is 28.8 Å². The summed E-state index contributed by atoms with van der Waals surface area (Å²) < 4.78 is 26.9. The van der Waals surface area contributed by atoms with Crippen molar-refractivity contribution >= 4 is 26.5 Å². The highest BCUT2D eigenvalue weighted by atomic mass is 32.2. The summed E-state index contributed by atoms with van der Waals surface area (Å²) >= 11 is 1.35. The van der Waals surface area contributed by atoms with Crippen LogP contribution in [0.4, 0.5) is 5.13 Å². The number of benzene rings is 1. The van der Waals surface area contributed by atoms with Crippen LogP contribution in [0, 0.1) is 0 Å². The molecule has 0 amide bonds. The molecule has 112 valence electrons. The lowest BCUT2D eigenvalue weighted by Crippen LogP contribution is -2.35. The molecular weight excluding hydrogens is 306 g/mol. The van der Waals surface area contributed by atoms with Crippen LogP contribution < -0.4 is 5.73 Å². The van der Waals surface area contributed by atoms with Gasteiger partial charge in [0.2, 0.25) is 10.0 Å². The van der Waals surface area contributed by atoms with E-state index < -0.39 is 10.0 Å². The van der Waals surface area contributed by atoms with Crippen LogP contribution in [0.25, 0.3) is 11.3 Å². The lowest BCUT2D eigenvalue weighted by atomic mass is 10.2. The highest BCUT2D eigenvalue weighted by Gasteiger charge is 2.26. The Bertz CT molecular complexity index is 734. The Balaban J connectivity index is 1.95. The van der Waals surface area contributed by atoms with E-state index >= 15 is 0 Å². The summed E-state index contributed by atoms with van der Waals surface area (Å²) in [5, 5.41) is 2.32. The fourth-order valence-electron chi connectivity index (χ4n) is 2.49. The normalized spacial score (nSPS) is 17.0. The lowest BCUT2D eigenvalue weighted by Gasteiger charge is -2.26. The van der Waals surface area contributed by atoms with Gasteiger partial charge < -0.3 is 5.73 Å². The minimum Gasteiger partial charge on any atom is -0.375 e. The highest BCUT2D eigenvalue weighted by molar-refractivity contribution is 7.89. The fraction of sp³-hybridized carbons (Fsp3) is 0.357. The number of anilines is 1. The van der Waals surface area contributed by atoms with Gasteiger partial charge in [-0.15, -0.1) is 11.3 Å². The average molecular weight is 323 g/mol. The second-order valence-corrected chi connectivity index (χ2v) is 7.89. The Morgan fingerprint density at radius 2 is 1.95 bits per heavy atom. The first-order valence-corrected chi connectivity index (χ1v) is 9.21. The van der Waals surface area contributed by atoms with Crippen LogP contribution in [0.2, 0.25) is 0 Å². The topological polar surface area (TPSA) is 76.3 Å². The summed E-state index contributed by atoms with van der Waals surface area (Å²) in [5.74, 6) is 0. The molecular formula is C14H17N3O2S2. The van der Waals surface area contributed by atoms with Gasteiger partial charge in [0.1, 0.15) is 0 Å². The van der Waals surface area contributed by atoms with Gasteiger partial charge in [0, 0.05) is 24.0 Å². The van der Waals surface area contributed by atoms with Crippen LogP contribution in [0.1, 0.15) is 19.3 Å². The third kappa shape index (κ3) is 2.95. The number of piperidine rings is 1. The lowest BCUT2D eigenvalue weighted by molar-refractivity contribution is 0.346. The number of sulfonamides is 1. The predicted octanol–water partition coefficient (Wildman–Crippen LogP) is 2.57. The van der Waals surface area contributed by atoms with E-state index in [0.717, 1.165) is 24.8 Å². The summed E-state index contributed by atoms with van der Waals surface area (Å²) in [6, 6.07) is 6.92. The van der Waals surface area contributed by atoms with E-state index in [1.165, 1.54) is 11.3 Å². The summed E-state index contributed by atoms with van der Waals surface area (Å²) in [5.41, 5.74) is 7.13. The van der Waals surface area contributed by atoms with E-state index in [-0.39, 0.29) is 0 Å². The van der Waals surface area contributed by atoms with Crippen LogP contribution in [0.3, 0.4) is 0 Å². The van der Waals surface area contributed by atoms with E-state index in [1.807, 2.05) is 11.4 Å². The second-order valence-electron chi connectivity index (χ2n) is 5.06. The molecule has 0 spiro atoms. The first kappa shape index (κ1) is 14.5. The van der Waals surface area contributed by atoms with Crippen molar-refractivity contribution < 1.29 is 8.42 Å². The number of nitrogen functional groups attached to an aromatic ring is 1. The number of nitrogens with two attached hydrogens (primary N) is 1. The van der Waals surface area contributed by atoms with Crippen molar-refractivity contribution in [2.75, 3.05) is 18.8 Å². The van der Waals surface area contributed by atoms with Gasteiger partial charge in [-0.3, -0.25) is 0 Å². The number of nitrogens with zero attached hydrogens (tertiary/aromatic N) is 2. The molecule has 1 aromatic carbocycles. The molecule has 2 heterocycles. The zero-order chi connectivity index (χ0) is 14.9. The van der Waals surface area contributed by atoms with Crippen LogP contribution in [0.15, 0.2) is 34.5 Å². The maximum atomic E-state index is 12.7. The van der Waals surface area contributed by atoms with Gasteiger partial charge in [-0.25, -0.2) is 13.4 Å². The molecule has 0 bridgehead atoms. The minimum absolute atomic E-state index is 0.327. The average Bonchev–Trinajstić information content (AvgIpc) is 2.95. The van der Waals surface area contributed by atoms with E-state index in [2.05, 4.69) is 4.98 Å². The molecule has 0 radical (unpaired) electrons. The molecule has 2 aromatic rings. The second kappa shape index (κ2) is 5.75. The monoisotopic (exact) mass is 323 g/mol.